The number of aromatic hydroxyl groups is 1. The summed E-state index contributed by atoms with van der Waals surface area (Å²) in [5, 5.41) is 20.0. The van der Waals surface area contributed by atoms with Crippen molar-refractivity contribution >= 4 is 34.4 Å². The summed E-state index contributed by atoms with van der Waals surface area (Å²) in [6, 6.07) is 5.66. The van der Waals surface area contributed by atoms with Crippen LogP contribution >= 0.6 is 11.6 Å². The van der Waals surface area contributed by atoms with Crippen LogP contribution in [-0.2, 0) is 4.79 Å². The van der Waals surface area contributed by atoms with Crippen molar-refractivity contribution in [3.63, 3.8) is 0 Å². The summed E-state index contributed by atoms with van der Waals surface area (Å²) < 4.78 is 29.3. The Balaban J connectivity index is 2.30. The van der Waals surface area contributed by atoms with Gasteiger partial charge >= 0.3 is 5.97 Å². The third-order valence-corrected chi connectivity index (χ3v) is 5.98. The van der Waals surface area contributed by atoms with Crippen LogP contribution < -0.4 is 0 Å². The lowest BCUT2D eigenvalue weighted by Gasteiger charge is -2.17. The third kappa shape index (κ3) is 4.14. The molecule has 2 aromatic carbocycles. The van der Waals surface area contributed by atoms with Crippen molar-refractivity contribution in [1.29, 1.82) is 0 Å². The standard InChI is InChI=1S/C23H22ClF2NO4/c1-4-11(2)7-15(23(30)31)21-12(3)27(19-10-18(26)20(28)9-14(19)21)22(29)13-5-6-16(24)17(25)8-13/h5-6,8-11,15,28H,4,7H2,1-3H3,(H,30,31)/t11?,15-/m0/s1. The Bertz CT molecular complexity index is 1190. The van der Waals surface area contributed by atoms with Crippen LogP contribution in [0.1, 0.15) is 54.2 Å². The van der Waals surface area contributed by atoms with E-state index in [1.807, 2.05) is 13.8 Å². The Morgan fingerprint density at radius 2 is 1.84 bits per heavy atom. The second kappa shape index (κ2) is 8.67. The molecular formula is C23H22ClF2NO4. The van der Waals surface area contributed by atoms with Gasteiger partial charge in [0.2, 0.25) is 0 Å². The van der Waals surface area contributed by atoms with Gasteiger partial charge in [-0.3, -0.25) is 14.2 Å². The van der Waals surface area contributed by atoms with Gasteiger partial charge < -0.3 is 10.2 Å². The van der Waals surface area contributed by atoms with Gasteiger partial charge in [-0.15, -0.1) is 0 Å². The topological polar surface area (TPSA) is 79.5 Å². The minimum atomic E-state index is -1.09. The Morgan fingerprint density at radius 3 is 2.42 bits per heavy atom. The third-order valence-electron chi connectivity index (χ3n) is 5.67. The number of phenolic OH excluding ortho intramolecular Hbond substituents is 1. The number of carbonyl (C=O) groups excluding carboxylic acids is 1. The lowest BCUT2D eigenvalue weighted by Crippen LogP contribution is -2.18. The minimum Gasteiger partial charge on any atom is -0.505 e. The Kier molecular flexibility index (Phi) is 6.36. The van der Waals surface area contributed by atoms with E-state index >= 15 is 0 Å². The van der Waals surface area contributed by atoms with Gasteiger partial charge in [0.15, 0.2) is 11.6 Å². The summed E-state index contributed by atoms with van der Waals surface area (Å²) in [7, 11) is 0. The van der Waals surface area contributed by atoms with E-state index in [1.165, 1.54) is 12.1 Å². The number of halogens is 3. The predicted molar refractivity (Wildman–Crippen MR) is 114 cm³/mol. The normalized spacial score (nSPS) is 13.4. The highest BCUT2D eigenvalue weighted by Crippen LogP contribution is 2.38. The van der Waals surface area contributed by atoms with Crippen molar-refractivity contribution in [3.8, 4) is 5.75 Å². The van der Waals surface area contributed by atoms with Crippen molar-refractivity contribution in [2.24, 2.45) is 5.92 Å². The molecule has 2 N–H and O–H groups in total. The van der Waals surface area contributed by atoms with Gasteiger partial charge in [-0.2, -0.15) is 0 Å². The molecule has 8 heteroatoms. The predicted octanol–water partition coefficient (Wildman–Crippen LogP) is 5.88. The van der Waals surface area contributed by atoms with Gasteiger partial charge in [0.25, 0.3) is 5.91 Å². The fourth-order valence-corrected chi connectivity index (χ4v) is 3.94. The number of carboxylic acid groups (broad SMARTS) is 1. The molecule has 1 unspecified atom stereocenters. The molecule has 164 valence electrons. The number of benzene rings is 2. The number of rotatable bonds is 6. The second-order valence-electron chi connectivity index (χ2n) is 7.73. The van der Waals surface area contributed by atoms with E-state index in [2.05, 4.69) is 0 Å². The Labute approximate surface area is 182 Å². The molecule has 0 amide bonds. The summed E-state index contributed by atoms with van der Waals surface area (Å²) in [5.74, 6) is -5.04. The van der Waals surface area contributed by atoms with E-state index in [9.17, 15) is 28.6 Å². The average molecular weight is 450 g/mol. The number of aromatic nitrogens is 1. The monoisotopic (exact) mass is 449 g/mol. The van der Waals surface area contributed by atoms with Crippen LogP contribution in [0.15, 0.2) is 30.3 Å². The highest BCUT2D eigenvalue weighted by Gasteiger charge is 2.31. The van der Waals surface area contributed by atoms with Crippen molar-refractivity contribution in [2.75, 3.05) is 0 Å². The molecule has 3 aromatic rings. The molecule has 2 atom stereocenters. The zero-order valence-electron chi connectivity index (χ0n) is 17.2. The van der Waals surface area contributed by atoms with Crippen LogP contribution in [0.2, 0.25) is 5.02 Å². The molecule has 31 heavy (non-hydrogen) atoms. The van der Waals surface area contributed by atoms with Crippen LogP contribution in [0.25, 0.3) is 10.9 Å². The summed E-state index contributed by atoms with van der Waals surface area (Å²) in [6.07, 6.45) is 1.05. The molecule has 0 saturated heterocycles. The highest BCUT2D eigenvalue weighted by atomic mass is 35.5. The van der Waals surface area contributed by atoms with Crippen LogP contribution in [0.5, 0.6) is 5.75 Å². The van der Waals surface area contributed by atoms with Crippen LogP contribution in [0.3, 0.4) is 0 Å². The Morgan fingerprint density at radius 1 is 1.16 bits per heavy atom. The first-order valence-corrected chi connectivity index (χ1v) is 10.2. The lowest BCUT2D eigenvalue weighted by molar-refractivity contribution is -0.139. The van der Waals surface area contributed by atoms with E-state index in [0.717, 1.165) is 29.2 Å². The molecule has 3 rings (SSSR count). The van der Waals surface area contributed by atoms with Gasteiger partial charge in [-0.25, -0.2) is 8.78 Å². The van der Waals surface area contributed by atoms with Crippen molar-refractivity contribution in [3.05, 3.63) is 63.8 Å². The van der Waals surface area contributed by atoms with Crippen molar-refractivity contribution in [2.45, 2.75) is 39.5 Å². The number of aliphatic carboxylic acids is 1. The summed E-state index contributed by atoms with van der Waals surface area (Å²) in [5.41, 5.74) is 0.672. The van der Waals surface area contributed by atoms with Gasteiger partial charge in [0.05, 0.1) is 16.5 Å². The number of fused-ring (bicyclic) bond motifs is 1. The quantitative estimate of drug-likeness (QED) is 0.492. The van der Waals surface area contributed by atoms with Crippen LogP contribution in [0, 0.1) is 24.5 Å². The van der Waals surface area contributed by atoms with E-state index in [0.29, 0.717) is 12.0 Å². The molecular weight excluding hydrogens is 428 g/mol. The maximum Gasteiger partial charge on any atom is 0.311 e. The molecule has 1 aromatic heterocycles. The molecule has 0 spiro atoms. The first-order chi connectivity index (χ1) is 14.6. The molecule has 1 heterocycles. The summed E-state index contributed by atoms with van der Waals surface area (Å²) in [4.78, 5) is 25.4. The average Bonchev–Trinajstić information content (AvgIpc) is 2.98. The minimum absolute atomic E-state index is 0.0317. The van der Waals surface area contributed by atoms with Gasteiger partial charge in [-0.05, 0) is 49.1 Å². The van der Waals surface area contributed by atoms with Gasteiger partial charge in [0.1, 0.15) is 5.82 Å². The van der Waals surface area contributed by atoms with Crippen molar-refractivity contribution < 1.29 is 28.6 Å². The molecule has 5 nitrogen and oxygen atoms in total. The molecule has 0 aliphatic rings. The SMILES string of the molecule is CCC(C)C[C@H](C(=O)O)c1c(C)n(C(=O)c2ccc(Cl)c(F)c2)c2cc(F)c(O)cc12. The smallest absolute Gasteiger partial charge is 0.311 e. The van der Waals surface area contributed by atoms with Crippen LogP contribution in [-0.4, -0.2) is 26.7 Å². The first-order valence-electron chi connectivity index (χ1n) is 9.82. The fraction of sp³-hybridized carbons (Fsp3) is 0.304. The molecule has 0 aliphatic carbocycles. The lowest BCUT2D eigenvalue weighted by atomic mass is 9.87. The Hall–Kier alpha value is -2.93. The molecule has 0 bridgehead atoms. The molecule has 0 radical (unpaired) electrons. The zero-order chi connectivity index (χ0) is 23.0. The van der Waals surface area contributed by atoms with E-state index < -0.39 is 35.2 Å². The van der Waals surface area contributed by atoms with Gasteiger partial charge in [-0.1, -0.05) is 31.9 Å². The zero-order valence-corrected chi connectivity index (χ0v) is 18.0. The maximum atomic E-state index is 14.2. The number of phenols is 1. The van der Waals surface area contributed by atoms with Crippen LogP contribution in [0.4, 0.5) is 8.78 Å². The largest absolute Gasteiger partial charge is 0.505 e. The first kappa shape index (κ1) is 22.7. The second-order valence-corrected chi connectivity index (χ2v) is 8.14. The van der Waals surface area contributed by atoms with E-state index in [1.54, 1.807) is 6.92 Å². The number of nitrogens with zero attached hydrogens (tertiary/aromatic N) is 1. The summed E-state index contributed by atoms with van der Waals surface area (Å²) in [6.45, 7) is 5.42. The molecule has 0 saturated carbocycles. The maximum absolute atomic E-state index is 14.2. The summed E-state index contributed by atoms with van der Waals surface area (Å²) >= 11 is 5.70. The number of hydrogen-bond donors (Lipinski definition) is 2. The number of hydrogen-bond acceptors (Lipinski definition) is 3. The van der Waals surface area contributed by atoms with Gasteiger partial charge in [0, 0.05) is 22.7 Å². The van der Waals surface area contributed by atoms with E-state index in [-0.39, 0.29) is 33.1 Å². The highest BCUT2D eigenvalue weighted by molar-refractivity contribution is 6.30. The number of carbonyl (C=O) groups is 2. The van der Waals surface area contributed by atoms with Crippen molar-refractivity contribution in [1.82, 2.24) is 4.57 Å². The van der Waals surface area contributed by atoms with E-state index in [4.69, 9.17) is 11.6 Å². The molecule has 0 aliphatic heterocycles. The fourth-order valence-electron chi connectivity index (χ4n) is 3.82. The molecule has 0 fully saturated rings. The number of carboxylic acids is 1.